The number of carbonyl (C=O) groups is 2. The van der Waals surface area contributed by atoms with Gasteiger partial charge in [0.1, 0.15) is 0 Å². The molecule has 1 aliphatic rings. The minimum Gasteiger partial charge on any atom is -0.493 e. The van der Waals surface area contributed by atoms with Gasteiger partial charge in [0, 0.05) is 16.8 Å². The molecule has 0 bridgehead atoms. The largest absolute Gasteiger partial charge is 0.493 e. The number of rotatable bonds is 8. The lowest BCUT2D eigenvalue weighted by molar-refractivity contribution is 0.0943. The zero-order chi connectivity index (χ0) is 28.6. The van der Waals surface area contributed by atoms with E-state index in [2.05, 4.69) is 16.0 Å². The number of amides is 2. The molecule has 0 saturated heterocycles. The van der Waals surface area contributed by atoms with Crippen molar-refractivity contribution >= 4 is 29.4 Å². The van der Waals surface area contributed by atoms with Gasteiger partial charge < -0.3 is 24.8 Å². The molecule has 0 aliphatic heterocycles. The Balaban J connectivity index is 1.42. The molecule has 0 saturated carbocycles. The number of hydrogen-bond acceptors (Lipinski definition) is 6. The second-order valence-electron chi connectivity index (χ2n) is 8.74. The van der Waals surface area contributed by atoms with E-state index in [1.54, 1.807) is 24.3 Å². The van der Waals surface area contributed by atoms with Crippen molar-refractivity contribution in [1.29, 1.82) is 5.41 Å². The van der Waals surface area contributed by atoms with Crippen LogP contribution in [-0.4, -0.2) is 50.5 Å². The zero-order valence-corrected chi connectivity index (χ0v) is 22.9. The van der Waals surface area contributed by atoms with Gasteiger partial charge in [-0.2, -0.15) is 0 Å². The third kappa shape index (κ3) is 6.62. The molecular weight excluding hydrogens is 532 g/mol. The van der Waals surface area contributed by atoms with Crippen molar-refractivity contribution < 1.29 is 23.8 Å². The van der Waals surface area contributed by atoms with Gasteiger partial charge in [0.05, 0.1) is 32.7 Å². The molecule has 0 fully saturated rings. The first-order valence-electron chi connectivity index (χ1n) is 12.3. The quantitative estimate of drug-likeness (QED) is 0.183. The molecular formula is C30H29ClN4O5. The second kappa shape index (κ2) is 12.9. The van der Waals surface area contributed by atoms with Crippen LogP contribution in [0.5, 0.6) is 17.2 Å². The maximum Gasteiger partial charge on any atom is 0.258 e. The summed E-state index contributed by atoms with van der Waals surface area (Å²) in [7, 11) is 4.36. The number of carbonyl (C=O) groups excluding carboxylic acids is 2. The van der Waals surface area contributed by atoms with Gasteiger partial charge in [-0.15, -0.1) is 11.6 Å². The highest BCUT2D eigenvalue weighted by Crippen LogP contribution is 2.38. The van der Waals surface area contributed by atoms with E-state index in [0.29, 0.717) is 28.5 Å². The molecule has 3 aromatic carbocycles. The molecule has 206 valence electrons. The summed E-state index contributed by atoms with van der Waals surface area (Å²) in [6, 6.07) is 19.5. The van der Waals surface area contributed by atoms with Crippen molar-refractivity contribution in [2.45, 2.75) is 11.4 Å². The second-order valence-corrected chi connectivity index (χ2v) is 9.24. The third-order valence-corrected chi connectivity index (χ3v) is 6.54. The molecule has 2 amide bonds. The Hall–Kier alpha value is -4.76. The fraction of sp³-hybridized carbons (Fsp3) is 0.167. The smallest absolute Gasteiger partial charge is 0.258 e. The molecule has 0 radical (unpaired) electrons. The summed E-state index contributed by atoms with van der Waals surface area (Å²) >= 11 is 6.46. The fourth-order valence-corrected chi connectivity index (χ4v) is 4.35. The molecule has 4 N–H and O–H groups in total. The van der Waals surface area contributed by atoms with Gasteiger partial charge >= 0.3 is 0 Å². The Labute approximate surface area is 237 Å². The molecule has 10 heteroatoms. The number of guanidine groups is 1. The predicted molar refractivity (Wildman–Crippen MR) is 154 cm³/mol. The lowest BCUT2D eigenvalue weighted by Gasteiger charge is -2.23. The highest BCUT2D eigenvalue weighted by Gasteiger charge is 2.23. The fourth-order valence-electron chi connectivity index (χ4n) is 4.14. The lowest BCUT2D eigenvalue weighted by atomic mass is 10.0. The highest BCUT2D eigenvalue weighted by atomic mass is 35.5. The molecule has 0 heterocycles. The summed E-state index contributed by atoms with van der Waals surface area (Å²) in [6.45, 7) is 0. The van der Waals surface area contributed by atoms with Crippen LogP contribution in [0.2, 0.25) is 0 Å². The van der Waals surface area contributed by atoms with E-state index in [-0.39, 0.29) is 17.4 Å². The van der Waals surface area contributed by atoms with Crippen molar-refractivity contribution in [3.8, 4) is 28.4 Å². The van der Waals surface area contributed by atoms with Crippen LogP contribution in [0.4, 0.5) is 0 Å². The van der Waals surface area contributed by atoms with Gasteiger partial charge in [0.25, 0.3) is 11.8 Å². The molecule has 0 spiro atoms. The number of nitrogens with one attached hydrogen (secondary N) is 4. The van der Waals surface area contributed by atoms with Crippen molar-refractivity contribution in [3.05, 3.63) is 102 Å². The van der Waals surface area contributed by atoms with Crippen LogP contribution in [0, 0.1) is 5.41 Å². The maximum absolute atomic E-state index is 13.1. The third-order valence-electron chi connectivity index (χ3n) is 6.13. The van der Waals surface area contributed by atoms with Crippen molar-refractivity contribution in [3.63, 3.8) is 0 Å². The van der Waals surface area contributed by atoms with Crippen molar-refractivity contribution in [1.82, 2.24) is 16.0 Å². The van der Waals surface area contributed by atoms with Gasteiger partial charge in [0.15, 0.2) is 17.5 Å². The molecule has 0 aromatic heterocycles. The number of alkyl halides is 1. The number of halogens is 1. The van der Waals surface area contributed by atoms with Crippen LogP contribution in [-0.2, 0) is 0 Å². The Morgan fingerprint density at radius 1 is 0.825 bits per heavy atom. The van der Waals surface area contributed by atoms with Crippen molar-refractivity contribution in [2.24, 2.45) is 0 Å². The van der Waals surface area contributed by atoms with Crippen LogP contribution in [0.25, 0.3) is 11.1 Å². The summed E-state index contributed by atoms with van der Waals surface area (Å²) in [4.78, 5) is 25.9. The number of benzene rings is 3. The summed E-state index contributed by atoms with van der Waals surface area (Å²) < 4.78 is 15.9. The molecule has 4 rings (SSSR count). The minimum absolute atomic E-state index is 0.206. The predicted octanol–water partition coefficient (Wildman–Crippen LogP) is 4.49. The van der Waals surface area contributed by atoms with E-state index in [1.807, 2.05) is 48.5 Å². The van der Waals surface area contributed by atoms with Crippen LogP contribution in [0.3, 0.4) is 0 Å². The van der Waals surface area contributed by atoms with Gasteiger partial charge in [0.2, 0.25) is 5.75 Å². The van der Waals surface area contributed by atoms with Crippen LogP contribution >= 0.6 is 11.6 Å². The summed E-state index contributed by atoms with van der Waals surface area (Å²) in [6.07, 6.45) is 5.07. The molecule has 2 unspecified atom stereocenters. The van der Waals surface area contributed by atoms with Crippen LogP contribution < -0.4 is 30.2 Å². The zero-order valence-electron chi connectivity index (χ0n) is 22.2. The van der Waals surface area contributed by atoms with E-state index in [1.165, 1.54) is 33.5 Å². The lowest BCUT2D eigenvalue weighted by Crippen LogP contribution is -2.43. The van der Waals surface area contributed by atoms with E-state index in [4.69, 9.17) is 31.2 Å². The standard InChI is InChI=1S/C30H29ClN4O5/c1-38-25-15-21(16-26(39-2)27(25)40-3)29(37)35-30(32)33-22-12-13-23(31)24(17-22)34-28(36)20-11-7-10-19(14-20)18-8-5-4-6-9-18/h4-17,23-24H,1-3H3,(H,34,36)(H3,32,33,35,37). The summed E-state index contributed by atoms with van der Waals surface area (Å²) in [5.74, 6) is -0.150. The van der Waals surface area contributed by atoms with Gasteiger partial charge in [-0.05, 0) is 47.5 Å². The Bertz CT molecular complexity index is 1450. The number of methoxy groups -OCH3 is 3. The molecule has 2 atom stereocenters. The first kappa shape index (κ1) is 28.3. The Morgan fingerprint density at radius 2 is 1.50 bits per heavy atom. The summed E-state index contributed by atoms with van der Waals surface area (Å²) in [5.41, 5.74) is 3.11. The first-order chi connectivity index (χ1) is 19.3. The van der Waals surface area contributed by atoms with Crippen LogP contribution in [0.15, 0.2) is 90.7 Å². The minimum atomic E-state index is -0.560. The average Bonchev–Trinajstić information content (AvgIpc) is 2.98. The maximum atomic E-state index is 13.1. The SMILES string of the molecule is COc1cc(C(=O)NC(=N)NC2=CC(NC(=O)c3cccc(-c4ccccc4)c3)C(Cl)C=C2)cc(OC)c1OC. The van der Waals surface area contributed by atoms with Crippen LogP contribution in [0.1, 0.15) is 20.7 Å². The number of hydrogen-bond donors (Lipinski definition) is 4. The van der Waals surface area contributed by atoms with Gasteiger partial charge in [-0.3, -0.25) is 20.3 Å². The molecule has 40 heavy (non-hydrogen) atoms. The van der Waals surface area contributed by atoms with E-state index >= 15 is 0 Å². The Morgan fingerprint density at radius 3 is 2.15 bits per heavy atom. The first-order valence-corrected chi connectivity index (χ1v) is 12.7. The number of ether oxygens (including phenoxy) is 3. The molecule has 1 aliphatic carbocycles. The Kier molecular flexibility index (Phi) is 9.08. The van der Waals surface area contributed by atoms with Gasteiger partial charge in [-0.25, -0.2) is 0 Å². The molecule has 9 nitrogen and oxygen atoms in total. The van der Waals surface area contributed by atoms with Gasteiger partial charge in [-0.1, -0.05) is 48.5 Å². The van der Waals surface area contributed by atoms with E-state index in [0.717, 1.165) is 11.1 Å². The van der Waals surface area contributed by atoms with E-state index in [9.17, 15) is 9.59 Å². The monoisotopic (exact) mass is 560 g/mol. The van der Waals surface area contributed by atoms with Crippen molar-refractivity contribution in [2.75, 3.05) is 21.3 Å². The number of allylic oxidation sites excluding steroid dienone is 1. The summed E-state index contributed by atoms with van der Waals surface area (Å²) in [5, 5.41) is 16.0. The molecule has 3 aromatic rings. The van der Waals surface area contributed by atoms with E-state index < -0.39 is 17.3 Å². The highest BCUT2D eigenvalue weighted by molar-refractivity contribution is 6.22. The normalized spacial score (nSPS) is 15.8. The topological polar surface area (TPSA) is 122 Å². The average molecular weight is 561 g/mol.